The summed E-state index contributed by atoms with van der Waals surface area (Å²) >= 11 is 1.57. The predicted octanol–water partition coefficient (Wildman–Crippen LogP) is -0.767. The first-order chi connectivity index (χ1) is 15.6. The highest BCUT2D eigenvalue weighted by Gasteiger charge is 2.26. The minimum absolute atomic E-state index is 0. The Balaban J connectivity index is 0.00000306. The summed E-state index contributed by atoms with van der Waals surface area (Å²) < 4.78 is 18.2. The molecule has 10 heteroatoms. The number of hydrogen-bond donors (Lipinski definition) is 1. The van der Waals surface area contributed by atoms with Crippen molar-refractivity contribution in [1.29, 1.82) is 0 Å². The molecule has 2 heterocycles. The summed E-state index contributed by atoms with van der Waals surface area (Å²) in [6, 6.07) is 13.7. The maximum atomic E-state index is 9.57. The number of aromatic nitrogens is 3. The lowest BCUT2D eigenvalue weighted by Crippen LogP contribution is -3.00. The third kappa shape index (κ3) is 4.87. The highest BCUT2D eigenvalue weighted by atomic mass is 79.9. The molecule has 0 aliphatic rings. The van der Waals surface area contributed by atoms with Crippen LogP contribution < -0.4 is 35.8 Å². The summed E-state index contributed by atoms with van der Waals surface area (Å²) in [6.07, 6.45) is 3.83. The van der Waals surface area contributed by atoms with Crippen LogP contribution in [0.15, 0.2) is 65.1 Å². The van der Waals surface area contributed by atoms with E-state index in [0.29, 0.717) is 23.8 Å². The highest BCUT2D eigenvalue weighted by molar-refractivity contribution is 7.16. The Hall–Kier alpha value is -2.95. The first-order valence-electron chi connectivity index (χ1n) is 10.1. The summed E-state index contributed by atoms with van der Waals surface area (Å²) in [7, 11) is 7.16. The molecule has 1 N–H and O–H groups in total. The third-order valence-corrected chi connectivity index (χ3v) is 6.34. The lowest BCUT2D eigenvalue weighted by molar-refractivity contribution is -0.672. The number of rotatable bonds is 7. The molecule has 0 aliphatic heterocycles. The molecule has 2 aromatic heterocycles. The van der Waals surface area contributed by atoms with Gasteiger partial charge in [-0.1, -0.05) is 23.5 Å². The third-order valence-electron chi connectivity index (χ3n) is 5.24. The summed E-state index contributed by atoms with van der Waals surface area (Å²) in [5, 5.41) is 18.9. The van der Waals surface area contributed by atoms with Crippen LogP contribution in [-0.2, 0) is 20.6 Å². The molecule has 4 rings (SSSR count). The van der Waals surface area contributed by atoms with E-state index in [-0.39, 0.29) is 23.6 Å². The largest absolute Gasteiger partial charge is 1.00 e. The van der Waals surface area contributed by atoms with Crippen LogP contribution >= 0.6 is 11.3 Å². The van der Waals surface area contributed by atoms with Crippen molar-refractivity contribution >= 4 is 27.3 Å². The molecule has 0 saturated heterocycles. The molecule has 174 valence electrons. The number of methoxy groups -OCH3 is 2. The average Bonchev–Trinajstić information content (AvgIpc) is 3.34. The van der Waals surface area contributed by atoms with Crippen molar-refractivity contribution in [1.82, 2.24) is 9.13 Å². The van der Waals surface area contributed by atoms with Gasteiger partial charge in [-0.15, -0.1) is 10.2 Å². The number of aryl methyl sites for hydroxylation is 2. The maximum absolute atomic E-state index is 9.57. The Kier molecular flexibility index (Phi) is 8.06. The van der Waals surface area contributed by atoms with E-state index in [1.165, 1.54) is 0 Å². The van der Waals surface area contributed by atoms with Gasteiger partial charge in [0.25, 0.3) is 0 Å². The Morgan fingerprint density at radius 2 is 1.94 bits per heavy atom. The van der Waals surface area contributed by atoms with Gasteiger partial charge in [0.05, 0.1) is 43.7 Å². The minimum Gasteiger partial charge on any atom is -1.00 e. The van der Waals surface area contributed by atoms with Gasteiger partial charge in [0, 0.05) is 7.05 Å². The van der Waals surface area contributed by atoms with Crippen molar-refractivity contribution in [3.8, 4) is 11.5 Å². The molecule has 0 radical (unpaired) electrons. The molecule has 8 nitrogen and oxygen atoms in total. The topological polar surface area (TPSA) is 77.1 Å². The monoisotopic (exact) mass is 531 g/mol. The van der Waals surface area contributed by atoms with Crippen LogP contribution in [0.1, 0.15) is 11.4 Å². The van der Waals surface area contributed by atoms with Crippen LogP contribution in [0.25, 0.3) is 10.2 Å². The van der Waals surface area contributed by atoms with E-state index in [0.717, 1.165) is 26.4 Å². The summed E-state index contributed by atoms with van der Waals surface area (Å²) in [4.78, 5) is 0.772. The van der Waals surface area contributed by atoms with Crippen LogP contribution in [0.3, 0.4) is 0 Å². The number of aliphatic hydroxyl groups excluding tert-OH is 1. The second-order valence-corrected chi connectivity index (χ2v) is 8.18. The zero-order valence-electron chi connectivity index (χ0n) is 18.9. The van der Waals surface area contributed by atoms with Crippen LogP contribution in [0.4, 0.5) is 0 Å². The predicted molar refractivity (Wildman–Crippen MR) is 124 cm³/mol. The van der Waals surface area contributed by atoms with Crippen LogP contribution in [0.2, 0.25) is 0 Å². The molecule has 0 aliphatic carbocycles. The van der Waals surface area contributed by atoms with Gasteiger partial charge < -0.3 is 36.1 Å². The molecule has 0 unspecified atom stereocenters. The van der Waals surface area contributed by atoms with Crippen LogP contribution in [0, 0.1) is 0 Å². The van der Waals surface area contributed by atoms with E-state index < -0.39 is 0 Å². The van der Waals surface area contributed by atoms with Crippen molar-refractivity contribution in [3.05, 3.63) is 71.0 Å². The van der Waals surface area contributed by atoms with E-state index in [4.69, 9.17) is 14.6 Å². The van der Waals surface area contributed by atoms with Gasteiger partial charge in [-0.25, -0.2) is 9.13 Å². The van der Waals surface area contributed by atoms with Gasteiger partial charge in [0.15, 0.2) is 5.71 Å². The van der Waals surface area contributed by atoms with E-state index in [1.807, 2.05) is 70.5 Å². The fraction of sp³-hybridized carbons (Fsp3) is 0.261. The quantitative estimate of drug-likeness (QED) is 0.193. The number of thiazole rings is 1. The van der Waals surface area contributed by atoms with Gasteiger partial charge in [0.1, 0.15) is 30.4 Å². The fourth-order valence-corrected chi connectivity index (χ4v) is 4.57. The minimum atomic E-state index is 0. The van der Waals surface area contributed by atoms with Crippen molar-refractivity contribution in [2.45, 2.75) is 6.54 Å². The van der Waals surface area contributed by atoms with Crippen LogP contribution in [0.5, 0.6) is 11.5 Å². The van der Waals surface area contributed by atoms with Gasteiger partial charge in [-0.05, 0) is 30.3 Å². The number of imidazole rings is 1. The number of hydrogen-bond acceptors (Lipinski definition) is 6. The molecule has 2 aromatic carbocycles. The fourth-order valence-electron chi connectivity index (χ4n) is 3.60. The van der Waals surface area contributed by atoms with E-state index in [1.54, 1.807) is 25.6 Å². The summed E-state index contributed by atoms with van der Waals surface area (Å²) in [5.41, 5.74) is 2.45. The second kappa shape index (κ2) is 10.8. The zero-order chi connectivity index (χ0) is 22.7. The van der Waals surface area contributed by atoms with Gasteiger partial charge in [-0.2, -0.15) is 0 Å². The summed E-state index contributed by atoms with van der Waals surface area (Å²) in [5.74, 6) is 2.12. The Bertz CT molecular complexity index is 1360. The Morgan fingerprint density at radius 3 is 2.64 bits per heavy atom. The van der Waals surface area contributed by atoms with E-state index >= 15 is 0 Å². The van der Waals surface area contributed by atoms with Gasteiger partial charge in [0.2, 0.25) is 4.80 Å². The maximum Gasteiger partial charge on any atom is 0.310 e. The molecule has 0 spiro atoms. The number of nitrogens with zero attached hydrogens (tertiary/aromatic N) is 5. The highest BCUT2D eigenvalue weighted by Crippen LogP contribution is 2.26. The van der Waals surface area contributed by atoms with Crippen molar-refractivity contribution in [3.63, 3.8) is 0 Å². The molecule has 0 bridgehead atoms. The SMILES string of the molecule is COc1ccc(OC)c(/C(=N/N=c2/sc3ccccc3n2C)c2n(CCO)cc[n+]2C)c1.[Br-]. The molecule has 4 aromatic rings. The summed E-state index contributed by atoms with van der Waals surface area (Å²) in [6.45, 7) is 0.435. The first kappa shape index (κ1) is 24.7. The number of halogens is 1. The molecule has 0 atom stereocenters. The van der Waals surface area contributed by atoms with Crippen molar-refractivity contribution < 1.29 is 36.1 Å². The number of aliphatic hydroxyl groups is 1. The molecule has 0 saturated carbocycles. The molecule has 0 fully saturated rings. The van der Waals surface area contributed by atoms with Crippen LogP contribution in [-0.4, -0.2) is 40.8 Å². The molecular formula is C23H26BrN5O3S. The Labute approximate surface area is 206 Å². The lowest BCUT2D eigenvalue weighted by atomic mass is 10.1. The van der Waals surface area contributed by atoms with E-state index in [2.05, 4.69) is 17.2 Å². The average molecular weight is 532 g/mol. The van der Waals surface area contributed by atoms with Crippen molar-refractivity contribution in [2.75, 3.05) is 20.8 Å². The standard InChI is InChI=1S/C23H26N5O3S.BrH/c1-26-11-12-28(13-14-29)22(26)21(17-15-16(30-3)9-10-19(17)31-4)24-25-23-27(2)18-7-5-6-8-20(18)32-23;/h5-12,15,29H,13-14H2,1-4H3;1H/q+1;/p-1. The second-order valence-electron chi connectivity index (χ2n) is 7.18. The smallest absolute Gasteiger partial charge is 0.310 e. The number of benzene rings is 2. The number of fused-ring (bicyclic) bond motifs is 1. The zero-order valence-corrected chi connectivity index (χ0v) is 21.3. The number of para-hydroxylation sites is 1. The lowest BCUT2D eigenvalue weighted by Gasteiger charge is -2.11. The molecule has 0 amide bonds. The van der Waals surface area contributed by atoms with Gasteiger partial charge >= 0.3 is 5.82 Å². The van der Waals surface area contributed by atoms with Gasteiger partial charge in [-0.3, -0.25) is 0 Å². The number of ether oxygens (including phenoxy) is 2. The molecular weight excluding hydrogens is 506 g/mol. The molecule has 33 heavy (non-hydrogen) atoms. The van der Waals surface area contributed by atoms with E-state index in [9.17, 15) is 5.11 Å². The Morgan fingerprint density at radius 1 is 1.15 bits per heavy atom. The van der Waals surface area contributed by atoms with Crippen molar-refractivity contribution in [2.24, 2.45) is 24.3 Å². The normalized spacial score (nSPS) is 12.2. The first-order valence-corrected chi connectivity index (χ1v) is 10.9.